The number of anilines is 1. The SMILES string of the molecule is Cc1csc(NC(=O)CN2CC(c3nc(C4CC4)no3)C2)n1. The van der Waals surface area contributed by atoms with Crippen molar-refractivity contribution >= 4 is 22.4 Å². The molecule has 1 aliphatic carbocycles. The fourth-order valence-electron chi connectivity index (χ4n) is 2.55. The van der Waals surface area contributed by atoms with E-state index in [1.165, 1.54) is 24.2 Å². The van der Waals surface area contributed by atoms with Crippen LogP contribution in [0, 0.1) is 6.92 Å². The molecule has 0 bridgehead atoms. The van der Waals surface area contributed by atoms with Crippen LogP contribution in [0.2, 0.25) is 0 Å². The van der Waals surface area contributed by atoms with Gasteiger partial charge in [-0.2, -0.15) is 4.98 Å². The van der Waals surface area contributed by atoms with Crippen molar-refractivity contribution in [2.45, 2.75) is 31.6 Å². The maximum Gasteiger partial charge on any atom is 0.240 e. The molecule has 1 aliphatic heterocycles. The number of thiazole rings is 1. The van der Waals surface area contributed by atoms with Crippen molar-refractivity contribution in [3.63, 3.8) is 0 Å². The first-order valence-electron chi connectivity index (χ1n) is 7.45. The van der Waals surface area contributed by atoms with E-state index in [9.17, 15) is 4.79 Å². The van der Waals surface area contributed by atoms with E-state index in [0.717, 1.165) is 24.6 Å². The minimum atomic E-state index is -0.0306. The van der Waals surface area contributed by atoms with Gasteiger partial charge in [0.05, 0.1) is 18.2 Å². The molecule has 8 heteroatoms. The van der Waals surface area contributed by atoms with Crippen molar-refractivity contribution in [3.8, 4) is 0 Å². The van der Waals surface area contributed by atoms with Crippen LogP contribution in [-0.4, -0.2) is 45.6 Å². The van der Waals surface area contributed by atoms with Gasteiger partial charge < -0.3 is 9.84 Å². The van der Waals surface area contributed by atoms with Crippen molar-refractivity contribution in [1.29, 1.82) is 0 Å². The third kappa shape index (κ3) is 2.89. The van der Waals surface area contributed by atoms with E-state index in [1.54, 1.807) is 0 Å². The molecule has 2 fully saturated rings. The number of likely N-dealkylation sites (tertiary alicyclic amines) is 1. The number of carbonyl (C=O) groups is 1. The van der Waals surface area contributed by atoms with Crippen LogP contribution >= 0.6 is 11.3 Å². The normalized spacial score (nSPS) is 19.1. The van der Waals surface area contributed by atoms with Crippen LogP contribution in [0.5, 0.6) is 0 Å². The average Bonchev–Trinajstić information content (AvgIpc) is 3.04. The summed E-state index contributed by atoms with van der Waals surface area (Å²) in [5.74, 6) is 2.31. The monoisotopic (exact) mass is 319 g/mol. The highest BCUT2D eigenvalue weighted by atomic mass is 32.1. The number of nitrogens with zero attached hydrogens (tertiary/aromatic N) is 4. The van der Waals surface area contributed by atoms with Gasteiger partial charge in [0.1, 0.15) is 0 Å². The summed E-state index contributed by atoms with van der Waals surface area (Å²) in [7, 11) is 0. The summed E-state index contributed by atoms with van der Waals surface area (Å²) >= 11 is 1.44. The van der Waals surface area contributed by atoms with Crippen molar-refractivity contribution in [2.24, 2.45) is 0 Å². The zero-order valence-corrected chi connectivity index (χ0v) is 13.1. The van der Waals surface area contributed by atoms with E-state index in [1.807, 2.05) is 12.3 Å². The fraction of sp³-hybridized carbons (Fsp3) is 0.571. The zero-order valence-electron chi connectivity index (χ0n) is 12.3. The van der Waals surface area contributed by atoms with Gasteiger partial charge >= 0.3 is 0 Å². The number of aryl methyl sites for hydroxylation is 1. The molecule has 1 amide bonds. The van der Waals surface area contributed by atoms with Gasteiger partial charge in [-0.25, -0.2) is 4.98 Å². The summed E-state index contributed by atoms with van der Waals surface area (Å²) in [6, 6.07) is 0. The van der Waals surface area contributed by atoms with Crippen molar-refractivity contribution < 1.29 is 9.32 Å². The van der Waals surface area contributed by atoms with Crippen LogP contribution in [0.1, 0.15) is 42.1 Å². The smallest absolute Gasteiger partial charge is 0.240 e. The molecule has 1 N–H and O–H groups in total. The van der Waals surface area contributed by atoms with Crippen LogP contribution in [0.25, 0.3) is 0 Å². The van der Waals surface area contributed by atoms with Crippen LogP contribution in [0.3, 0.4) is 0 Å². The number of amides is 1. The van der Waals surface area contributed by atoms with Crippen molar-refractivity contribution in [3.05, 3.63) is 22.8 Å². The fourth-order valence-corrected chi connectivity index (χ4v) is 3.25. The maximum atomic E-state index is 11.9. The molecule has 0 atom stereocenters. The number of hydrogen-bond donors (Lipinski definition) is 1. The Kier molecular flexibility index (Phi) is 3.42. The number of aromatic nitrogens is 3. The van der Waals surface area contributed by atoms with E-state index >= 15 is 0 Å². The molecule has 2 aromatic heterocycles. The summed E-state index contributed by atoms with van der Waals surface area (Å²) in [5, 5.41) is 9.43. The van der Waals surface area contributed by atoms with Gasteiger partial charge in [0.2, 0.25) is 11.8 Å². The lowest BCUT2D eigenvalue weighted by Gasteiger charge is -2.36. The minimum absolute atomic E-state index is 0.0306. The molecule has 3 heterocycles. The first-order valence-corrected chi connectivity index (χ1v) is 8.33. The van der Waals surface area contributed by atoms with Gasteiger partial charge in [-0.15, -0.1) is 11.3 Å². The third-order valence-electron chi connectivity index (χ3n) is 3.94. The van der Waals surface area contributed by atoms with Crippen LogP contribution in [-0.2, 0) is 4.79 Å². The molecular weight excluding hydrogens is 302 g/mol. The second-order valence-corrected chi connectivity index (χ2v) is 6.86. The summed E-state index contributed by atoms with van der Waals surface area (Å²) in [4.78, 5) is 22.7. The predicted molar refractivity (Wildman–Crippen MR) is 80.9 cm³/mol. The van der Waals surface area contributed by atoms with Gasteiger partial charge in [-0.1, -0.05) is 5.16 Å². The summed E-state index contributed by atoms with van der Waals surface area (Å²) in [6.07, 6.45) is 2.35. The maximum absolute atomic E-state index is 11.9. The molecular formula is C14H17N5O2S. The van der Waals surface area contributed by atoms with Crippen LogP contribution < -0.4 is 5.32 Å². The lowest BCUT2D eigenvalue weighted by atomic mass is 10.0. The summed E-state index contributed by atoms with van der Waals surface area (Å²) in [5.41, 5.74) is 0.923. The Hall–Kier alpha value is -1.80. The number of hydrogen-bond acceptors (Lipinski definition) is 7. The van der Waals surface area contributed by atoms with E-state index in [-0.39, 0.29) is 11.8 Å². The third-order valence-corrected chi connectivity index (χ3v) is 4.81. The Labute approximate surface area is 131 Å². The van der Waals surface area contributed by atoms with Crippen LogP contribution in [0.4, 0.5) is 5.13 Å². The highest BCUT2D eigenvalue weighted by molar-refractivity contribution is 7.13. The molecule has 0 radical (unpaired) electrons. The Morgan fingerprint density at radius 1 is 1.41 bits per heavy atom. The van der Waals surface area contributed by atoms with Gasteiger partial charge in [-0.3, -0.25) is 9.69 Å². The number of carbonyl (C=O) groups excluding carboxylic acids is 1. The van der Waals surface area contributed by atoms with E-state index in [0.29, 0.717) is 23.5 Å². The van der Waals surface area contributed by atoms with Crippen molar-refractivity contribution in [1.82, 2.24) is 20.0 Å². The van der Waals surface area contributed by atoms with E-state index in [2.05, 4.69) is 25.3 Å². The molecule has 0 spiro atoms. The Morgan fingerprint density at radius 2 is 2.23 bits per heavy atom. The lowest BCUT2D eigenvalue weighted by Crippen LogP contribution is -2.48. The molecule has 0 aromatic carbocycles. The molecule has 4 rings (SSSR count). The molecule has 2 aliphatic rings. The second kappa shape index (κ2) is 5.44. The Balaban J connectivity index is 1.25. The first-order chi connectivity index (χ1) is 10.7. The minimum Gasteiger partial charge on any atom is -0.339 e. The quantitative estimate of drug-likeness (QED) is 0.904. The molecule has 1 saturated carbocycles. The standard InChI is InChI=1S/C14H17N5O2S/c1-8-7-22-14(15-8)16-11(20)6-19-4-10(5-19)13-17-12(18-21-13)9-2-3-9/h7,9-10H,2-6H2,1H3,(H,15,16,20). The number of nitrogens with one attached hydrogen (secondary N) is 1. The Morgan fingerprint density at radius 3 is 2.91 bits per heavy atom. The molecule has 0 unspecified atom stereocenters. The highest BCUT2D eigenvalue weighted by Crippen LogP contribution is 2.39. The topological polar surface area (TPSA) is 84.2 Å². The summed E-state index contributed by atoms with van der Waals surface area (Å²) < 4.78 is 5.32. The second-order valence-electron chi connectivity index (χ2n) is 6.00. The van der Waals surface area contributed by atoms with Gasteiger partial charge in [0.25, 0.3) is 0 Å². The van der Waals surface area contributed by atoms with Gasteiger partial charge in [0, 0.05) is 24.4 Å². The molecule has 116 valence electrons. The predicted octanol–water partition coefficient (Wildman–Crippen LogP) is 1.75. The largest absolute Gasteiger partial charge is 0.339 e. The van der Waals surface area contributed by atoms with Gasteiger partial charge in [0.15, 0.2) is 11.0 Å². The van der Waals surface area contributed by atoms with E-state index in [4.69, 9.17) is 4.52 Å². The van der Waals surface area contributed by atoms with Crippen molar-refractivity contribution in [2.75, 3.05) is 25.0 Å². The highest BCUT2D eigenvalue weighted by Gasteiger charge is 2.35. The molecule has 22 heavy (non-hydrogen) atoms. The number of rotatable bonds is 5. The molecule has 7 nitrogen and oxygen atoms in total. The molecule has 2 aromatic rings. The average molecular weight is 319 g/mol. The van der Waals surface area contributed by atoms with Crippen LogP contribution in [0.15, 0.2) is 9.90 Å². The first kappa shape index (κ1) is 13.8. The zero-order chi connectivity index (χ0) is 15.1. The van der Waals surface area contributed by atoms with E-state index < -0.39 is 0 Å². The summed E-state index contributed by atoms with van der Waals surface area (Å²) in [6.45, 7) is 3.86. The lowest BCUT2D eigenvalue weighted by molar-refractivity contribution is -0.118. The van der Waals surface area contributed by atoms with Gasteiger partial charge in [-0.05, 0) is 19.8 Å². The Bertz CT molecular complexity index is 687. The molecule has 1 saturated heterocycles.